The Morgan fingerprint density at radius 3 is 1.98 bits per heavy atom. The molecule has 0 aromatic heterocycles. The van der Waals surface area contributed by atoms with Crippen molar-refractivity contribution < 1.29 is 31.4 Å². The number of benzene rings is 4. The lowest BCUT2D eigenvalue weighted by Gasteiger charge is -2.28. The second-order valence-corrected chi connectivity index (χ2v) is 10.8. The van der Waals surface area contributed by atoms with E-state index in [4.69, 9.17) is 4.74 Å². The summed E-state index contributed by atoms with van der Waals surface area (Å²) in [5.74, 6) is -3.16. The first-order chi connectivity index (χ1) is 20.7. The highest BCUT2D eigenvalue weighted by atomic mass is 32.1. The molecule has 5 rings (SSSR count). The molecule has 0 bridgehead atoms. The van der Waals surface area contributed by atoms with Gasteiger partial charge < -0.3 is 9.47 Å². The third-order valence-electron chi connectivity index (χ3n) is 7.84. The molecule has 1 aliphatic carbocycles. The highest BCUT2D eigenvalue weighted by Crippen LogP contribution is 2.39. The number of nitrogens with zero attached hydrogens (tertiary/aromatic N) is 1. The molecule has 0 atom stereocenters. The number of halogens is 5. The molecule has 3 nitrogen and oxygen atoms in total. The zero-order valence-electron chi connectivity index (χ0n) is 23.3. The number of rotatable bonds is 9. The topological polar surface area (TPSA) is 30.8 Å². The van der Waals surface area contributed by atoms with Gasteiger partial charge in [-0.3, -0.25) is 0 Å². The maximum atomic E-state index is 15.2. The first-order valence-corrected chi connectivity index (χ1v) is 14.2. The summed E-state index contributed by atoms with van der Waals surface area (Å²) in [5, 5.41) is 2.13. The lowest BCUT2D eigenvalue weighted by atomic mass is 9.79. The summed E-state index contributed by atoms with van der Waals surface area (Å²) in [7, 11) is 1.73. The Morgan fingerprint density at radius 1 is 0.791 bits per heavy atom. The van der Waals surface area contributed by atoms with Gasteiger partial charge in [0.2, 0.25) is 0 Å². The molecule has 0 unspecified atom stereocenters. The molecule has 0 heterocycles. The summed E-state index contributed by atoms with van der Waals surface area (Å²) < 4.78 is 84.6. The number of thiocarbonyl (C=S) groups is 1. The van der Waals surface area contributed by atoms with E-state index in [1.807, 2.05) is 12.1 Å². The van der Waals surface area contributed by atoms with Crippen molar-refractivity contribution in [2.75, 3.05) is 13.7 Å². The normalized spacial score (nSPS) is 16.9. The number of alkyl halides is 2. The molecule has 0 N–H and O–H groups in total. The summed E-state index contributed by atoms with van der Waals surface area (Å²) in [6.45, 7) is 0.791. The fourth-order valence-corrected chi connectivity index (χ4v) is 5.73. The minimum Gasteiger partial charge on any atom is -0.429 e. The van der Waals surface area contributed by atoms with E-state index in [1.54, 1.807) is 13.2 Å². The van der Waals surface area contributed by atoms with Gasteiger partial charge >= 0.3 is 6.11 Å². The zero-order valence-corrected chi connectivity index (χ0v) is 24.1. The van der Waals surface area contributed by atoms with E-state index >= 15 is 4.39 Å². The van der Waals surface area contributed by atoms with E-state index in [0.717, 1.165) is 50.0 Å². The number of hydrogen-bond acceptors (Lipinski definition) is 4. The van der Waals surface area contributed by atoms with E-state index in [-0.39, 0.29) is 16.9 Å². The van der Waals surface area contributed by atoms with Crippen molar-refractivity contribution in [1.82, 2.24) is 0 Å². The average molecular weight is 610 g/mol. The molecular weight excluding hydrogens is 581 g/mol. The number of hydrogen-bond donors (Lipinski definition) is 0. The van der Waals surface area contributed by atoms with Crippen molar-refractivity contribution in [2.45, 2.75) is 37.7 Å². The minimum atomic E-state index is -4.35. The second kappa shape index (κ2) is 13.2. The zero-order chi connectivity index (χ0) is 30.6. The molecule has 0 radical (unpaired) electrons. The van der Waals surface area contributed by atoms with Gasteiger partial charge in [-0.1, -0.05) is 36.4 Å². The first-order valence-electron chi connectivity index (χ1n) is 13.8. The third kappa shape index (κ3) is 7.02. The van der Waals surface area contributed by atoms with Crippen molar-refractivity contribution in [3.05, 3.63) is 107 Å². The fourth-order valence-electron chi connectivity index (χ4n) is 5.62. The minimum absolute atomic E-state index is 0.128. The van der Waals surface area contributed by atoms with Gasteiger partial charge in [0.15, 0.2) is 0 Å². The van der Waals surface area contributed by atoms with Gasteiger partial charge in [0, 0.05) is 19.3 Å². The summed E-state index contributed by atoms with van der Waals surface area (Å²) in [4.78, 5) is 3.69. The Hall–Kier alpha value is -3.91. The lowest BCUT2D eigenvalue weighted by Crippen LogP contribution is -2.25. The van der Waals surface area contributed by atoms with E-state index < -0.39 is 29.1 Å². The van der Waals surface area contributed by atoms with Gasteiger partial charge in [0.1, 0.15) is 28.8 Å². The van der Waals surface area contributed by atoms with Crippen LogP contribution in [0.1, 0.15) is 42.7 Å². The van der Waals surface area contributed by atoms with Crippen molar-refractivity contribution in [2.24, 2.45) is 10.9 Å². The maximum absolute atomic E-state index is 15.2. The molecule has 4 aromatic carbocycles. The highest BCUT2D eigenvalue weighted by Gasteiger charge is 2.41. The van der Waals surface area contributed by atoms with Gasteiger partial charge in [-0.15, -0.1) is 0 Å². The largest absolute Gasteiger partial charge is 0.432 e. The van der Waals surface area contributed by atoms with Crippen LogP contribution in [0.2, 0.25) is 0 Å². The summed E-state index contributed by atoms with van der Waals surface area (Å²) in [6.07, 6.45) is 0.0904. The van der Waals surface area contributed by atoms with Crippen LogP contribution in [0, 0.1) is 23.4 Å². The van der Waals surface area contributed by atoms with Gasteiger partial charge in [-0.05, 0) is 114 Å². The Bertz CT molecular complexity index is 1610. The molecule has 0 spiro atoms. The van der Waals surface area contributed by atoms with Crippen LogP contribution in [0.5, 0.6) is 5.75 Å². The predicted molar refractivity (Wildman–Crippen MR) is 159 cm³/mol. The smallest absolute Gasteiger partial charge is 0.429 e. The van der Waals surface area contributed by atoms with Crippen LogP contribution >= 0.6 is 12.2 Å². The Labute approximate surface area is 252 Å². The Balaban J connectivity index is 1.32. The molecule has 9 heteroatoms. The predicted octanol–water partition coefficient (Wildman–Crippen LogP) is 10.2. The molecule has 4 aromatic rings. The number of aliphatic imine (C=N–C) groups is 1. The quantitative estimate of drug-likeness (QED) is 0.107. The summed E-state index contributed by atoms with van der Waals surface area (Å²) >= 11 is 4.49. The SMILES string of the molecule is COCC1CCC(c2ccc(-c3ccc(-c4cc(F)c(C(F)(F)Oc5ccc(N=C=S)cc5)c(F)c4)c(F)c3)cc2)CC1. The van der Waals surface area contributed by atoms with Gasteiger partial charge in [0.05, 0.1) is 10.8 Å². The van der Waals surface area contributed by atoms with Crippen molar-refractivity contribution in [3.63, 3.8) is 0 Å². The molecule has 222 valence electrons. The van der Waals surface area contributed by atoms with Crippen LogP contribution < -0.4 is 4.74 Å². The Morgan fingerprint density at radius 2 is 1.40 bits per heavy atom. The molecular formula is C34H28F5NO2S. The van der Waals surface area contributed by atoms with E-state index in [9.17, 15) is 17.6 Å². The van der Waals surface area contributed by atoms with Crippen LogP contribution in [0.25, 0.3) is 22.3 Å². The number of isothiocyanates is 1. The molecule has 0 saturated heterocycles. The average Bonchev–Trinajstić information content (AvgIpc) is 2.98. The van der Waals surface area contributed by atoms with Gasteiger partial charge in [-0.25, -0.2) is 13.2 Å². The monoisotopic (exact) mass is 609 g/mol. The number of ether oxygens (including phenoxy) is 2. The van der Waals surface area contributed by atoms with Gasteiger partial charge in [-0.2, -0.15) is 13.8 Å². The standard InChI is InChI=1S/C34H28F5NO2S/c1-41-19-21-2-4-22(5-3-21)23-6-8-24(9-7-23)25-10-15-29(30(35)16-25)26-17-31(36)33(32(37)18-26)34(38,39)42-28-13-11-27(12-14-28)40-20-43/h6-18,21-22H,2-5,19H2,1H3. The van der Waals surface area contributed by atoms with Crippen molar-refractivity contribution >= 4 is 23.1 Å². The molecule has 43 heavy (non-hydrogen) atoms. The second-order valence-electron chi connectivity index (χ2n) is 10.6. The first kappa shape index (κ1) is 30.5. The van der Waals surface area contributed by atoms with E-state index in [0.29, 0.717) is 35.2 Å². The molecule has 1 saturated carbocycles. The van der Waals surface area contributed by atoms with Crippen LogP contribution in [0.15, 0.2) is 83.9 Å². The highest BCUT2D eigenvalue weighted by molar-refractivity contribution is 7.78. The van der Waals surface area contributed by atoms with Crippen LogP contribution in [0.4, 0.5) is 27.6 Å². The Kier molecular flexibility index (Phi) is 9.35. The fraction of sp³-hybridized carbons (Fsp3) is 0.265. The summed E-state index contributed by atoms with van der Waals surface area (Å²) in [5.41, 5.74) is 1.01. The third-order valence-corrected chi connectivity index (χ3v) is 7.93. The molecule has 1 fully saturated rings. The molecule has 0 aliphatic heterocycles. The maximum Gasteiger partial charge on any atom is 0.432 e. The van der Waals surface area contributed by atoms with Crippen LogP contribution in [0.3, 0.4) is 0 Å². The van der Waals surface area contributed by atoms with Crippen LogP contribution in [-0.4, -0.2) is 18.9 Å². The molecule has 0 amide bonds. The lowest BCUT2D eigenvalue weighted by molar-refractivity contribution is -0.189. The summed E-state index contributed by atoms with van der Waals surface area (Å²) in [6, 6.07) is 18.5. The van der Waals surface area contributed by atoms with Gasteiger partial charge in [0.25, 0.3) is 0 Å². The van der Waals surface area contributed by atoms with Crippen molar-refractivity contribution in [1.29, 1.82) is 0 Å². The van der Waals surface area contributed by atoms with Crippen molar-refractivity contribution in [3.8, 4) is 28.0 Å². The van der Waals surface area contributed by atoms with E-state index in [2.05, 4.69) is 39.2 Å². The van der Waals surface area contributed by atoms with E-state index in [1.165, 1.54) is 29.8 Å². The molecule has 1 aliphatic rings. The van der Waals surface area contributed by atoms with Crippen LogP contribution in [-0.2, 0) is 10.8 Å². The number of methoxy groups -OCH3 is 1.